The second-order valence-corrected chi connectivity index (χ2v) is 4.90. The highest BCUT2D eigenvalue weighted by molar-refractivity contribution is 4.97. The van der Waals surface area contributed by atoms with E-state index in [1.807, 2.05) is 0 Å². The lowest BCUT2D eigenvalue weighted by Gasteiger charge is -2.53. The van der Waals surface area contributed by atoms with E-state index < -0.39 is 0 Å². The molecule has 1 spiro atoms. The lowest BCUT2D eigenvalue weighted by atomic mass is 9.59. The molecule has 2 aliphatic rings. The average Bonchev–Trinajstić information content (AvgIpc) is 1.71. The molecular formula is C10H18O. The van der Waals surface area contributed by atoms with Crippen molar-refractivity contribution >= 4 is 0 Å². The molecule has 1 aliphatic carbocycles. The Bertz CT molecular complexity index is 139. The first kappa shape index (κ1) is 7.60. The van der Waals surface area contributed by atoms with E-state index in [1.54, 1.807) is 0 Å². The van der Waals surface area contributed by atoms with Gasteiger partial charge in [-0.1, -0.05) is 13.8 Å². The number of hydrogen-bond acceptors (Lipinski definition) is 1. The SMILES string of the molecule is CC(C)CC1CC2(COC2)C1. The van der Waals surface area contributed by atoms with Gasteiger partial charge in [-0.05, 0) is 31.1 Å². The second kappa shape index (κ2) is 2.48. The van der Waals surface area contributed by atoms with Crippen molar-refractivity contribution in [3.63, 3.8) is 0 Å². The van der Waals surface area contributed by atoms with Crippen LogP contribution in [0.1, 0.15) is 33.1 Å². The van der Waals surface area contributed by atoms with Crippen molar-refractivity contribution < 1.29 is 4.74 Å². The van der Waals surface area contributed by atoms with Crippen LogP contribution in [0.15, 0.2) is 0 Å². The smallest absolute Gasteiger partial charge is 0.0545 e. The Morgan fingerprint density at radius 1 is 1.36 bits per heavy atom. The van der Waals surface area contributed by atoms with Crippen LogP contribution >= 0.6 is 0 Å². The molecule has 0 atom stereocenters. The lowest BCUT2D eigenvalue weighted by molar-refractivity contribution is -0.181. The van der Waals surface area contributed by atoms with E-state index in [1.165, 1.54) is 19.3 Å². The molecule has 1 saturated heterocycles. The van der Waals surface area contributed by atoms with Crippen LogP contribution in [0.3, 0.4) is 0 Å². The van der Waals surface area contributed by atoms with Gasteiger partial charge in [0.2, 0.25) is 0 Å². The van der Waals surface area contributed by atoms with Crippen molar-refractivity contribution in [2.45, 2.75) is 33.1 Å². The van der Waals surface area contributed by atoms with Crippen LogP contribution in [0.25, 0.3) is 0 Å². The van der Waals surface area contributed by atoms with Gasteiger partial charge in [0.15, 0.2) is 0 Å². The molecule has 0 aromatic carbocycles. The van der Waals surface area contributed by atoms with Gasteiger partial charge >= 0.3 is 0 Å². The fraction of sp³-hybridized carbons (Fsp3) is 1.00. The molecule has 1 heteroatoms. The van der Waals surface area contributed by atoms with Gasteiger partial charge in [0, 0.05) is 5.41 Å². The van der Waals surface area contributed by atoms with Gasteiger partial charge in [-0.25, -0.2) is 0 Å². The summed E-state index contributed by atoms with van der Waals surface area (Å²) >= 11 is 0. The van der Waals surface area contributed by atoms with E-state index in [0.717, 1.165) is 25.0 Å². The van der Waals surface area contributed by atoms with Crippen molar-refractivity contribution in [2.24, 2.45) is 17.3 Å². The van der Waals surface area contributed by atoms with Crippen LogP contribution in [0, 0.1) is 17.3 Å². The summed E-state index contributed by atoms with van der Waals surface area (Å²) in [5, 5.41) is 0. The van der Waals surface area contributed by atoms with Crippen molar-refractivity contribution in [2.75, 3.05) is 13.2 Å². The summed E-state index contributed by atoms with van der Waals surface area (Å²) in [5.41, 5.74) is 0.680. The Morgan fingerprint density at radius 2 is 2.00 bits per heavy atom. The van der Waals surface area contributed by atoms with Crippen LogP contribution in [-0.4, -0.2) is 13.2 Å². The molecule has 64 valence electrons. The van der Waals surface area contributed by atoms with Crippen LogP contribution in [0.2, 0.25) is 0 Å². The summed E-state index contributed by atoms with van der Waals surface area (Å²) < 4.78 is 5.23. The summed E-state index contributed by atoms with van der Waals surface area (Å²) in [6.07, 6.45) is 4.33. The van der Waals surface area contributed by atoms with E-state index in [-0.39, 0.29) is 0 Å². The third-order valence-corrected chi connectivity index (χ3v) is 3.06. The van der Waals surface area contributed by atoms with Crippen molar-refractivity contribution in [1.82, 2.24) is 0 Å². The Balaban J connectivity index is 1.71. The number of hydrogen-bond donors (Lipinski definition) is 0. The monoisotopic (exact) mass is 154 g/mol. The zero-order valence-corrected chi connectivity index (χ0v) is 7.60. The molecule has 0 amide bonds. The fourth-order valence-corrected chi connectivity index (χ4v) is 2.62. The van der Waals surface area contributed by atoms with E-state index in [9.17, 15) is 0 Å². The van der Waals surface area contributed by atoms with Gasteiger partial charge in [0.05, 0.1) is 13.2 Å². The molecular weight excluding hydrogens is 136 g/mol. The number of rotatable bonds is 2. The second-order valence-electron chi connectivity index (χ2n) is 4.90. The van der Waals surface area contributed by atoms with Crippen molar-refractivity contribution in [1.29, 1.82) is 0 Å². The molecule has 1 heterocycles. The minimum absolute atomic E-state index is 0.680. The third kappa shape index (κ3) is 1.31. The van der Waals surface area contributed by atoms with Crippen molar-refractivity contribution in [3.05, 3.63) is 0 Å². The zero-order chi connectivity index (χ0) is 7.90. The van der Waals surface area contributed by atoms with Crippen LogP contribution in [0.5, 0.6) is 0 Å². The van der Waals surface area contributed by atoms with E-state index in [0.29, 0.717) is 5.41 Å². The minimum Gasteiger partial charge on any atom is -0.380 e. The molecule has 2 rings (SSSR count). The topological polar surface area (TPSA) is 9.23 Å². The molecule has 0 unspecified atom stereocenters. The Labute approximate surface area is 69.1 Å². The maximum atomic E-state index is 5.23. The third-order valence-electron chi connectivity index (χ3n) is 3.06. The van der Waals surface area contributed by atoms with E-state index in [4.69, 9.17) is 4.74 Å². The molecule has 0 bridgehead atoms. The van der Waals surface area contributed by atoms with Crippen LogP contribution < -0.4 is 0 Å². The van der Waals surface area contributed by atoms with Gasteiger partial charge < -0.3 is 4.74 Å². The van der Waals surface area contributed by atoms with E-state index >= 15 is 0 Å². The molecule has 0 radical (unpaired) electrons. The average molecular weight is 154 g/mol. The van der Waals surface area contributed by atoms with Gasteiger partial charge in [-0.15, -0.1) is 0 Å². The lowest BCUT2D eigenvalue weighted by Crippen LogP contribution is -2.52. The first-order chi connectivity index (χ1) is 5.20. The molecule has 0 aromatic rings. The standard InChI is InChI=1S/C10H18O/c1-8(2)3-9-4-10(5-9)6-11-7-10/h8-9H,3-7H2,1-2H3. The van der Waals surface area contributed by atoms with E-state index in [2.05, 4.69) is 13.8 Å². The highest BCUT2D eigenvalue weighted by atomic mass is 16.5. The minimum atomic E-state index is 0.680. The molecule has 0 aromatic heterocycles. The Hall–Kier alpha value is -0.0400. The summed E-state index contributed by atoms with van der Waals surface area (Å²) in [5.74, 6) is 1.91. The maximum absolute atomic E-state index is 5.23. The Morgan fingerprint density at radius 3 is 2.36 bits per heavy atom. The normalized spacial score (nSPS) is 28.6. The molecule has 1 nitrogen and oxygen atoms in total. The first-order valence-electron chi connectivity index (χ1n) is 4.78. The van der Waals surface area contributed by atoms with Crippen LogP contribution in [-0.2, 0) is 4.74 Å². The molecule has 11 heavy (non-hydrogen) atoms. The fourth-order valence-electron chi connectivity index (χ4n) is 2.62. The quantitative estimate of drug-likeness (QED) is 0.593. The van der Waals surface area contributed by atoms with Crippen molar-refractivity contribution in [3.8, 4) is 0 Å². The predicted octanol–water partition coefficient (Wildman–Crippen LogP) is 2.46. The zero-order valence-electron chi connectivity index (χ0n) is 7.60. The highest BCUT2D eigenvalue weighted by Crippen LogP contribution is 2.52. The molecule has 2 fully saturated rings. The predicted molar refractivity (Wildman–Crippen MR) is 45.4 cm³/mol. The highest BCUT2D eigenvalue weighted by Gasteiger charge is 2.49. The molecule has 0 N–H and O–H groups in total. The van der Waals surface area contributed by atoms with Gasteiger partial charge in [-0.2, -0.15) is 0 Å². The summed E-state index contributed by atoms with van der Waals surface area (Å²) in [6, 6.07) is 0. The van der Waals surface area contributed by atoms with Gasteiger partial charge in [0.1, 0.15) is 0 Å². The first-order valence-corrected chi connectivity index (χ1v) is 4.78. The summed E-state index contributed by atoms with van der Waals surface area (Å²) in [4.78, 5) is 0. The molecule has 1 saturated carbocycles. The van der Waals surface area contributed by atoms with Gasteiger partial charge in [-0.3, -0.25) is 0 Å². The largest absolute Gasteiger partial charge is 0.380 e. The van der Waals surface area contributed by atoms with Crippen LogP contribution in [0.4, 0.5) is 0 Å². The number of ether oxygens (including phenoxy) is 1. The Kier molecular flexibility index (Phi) is 1.71. The summed E-state index contributed by atoms with van der Waals surface area (Å²) in [6.45, 7) is 6.76. The summed E-state index contributed by atoms with van der Waals surface area (Å²) in [7, 11) is 0. The van der Waals surface area contributed by atoms with Gasteiger partial charge in [0.25, 0.3) is 0 Å². The maximum Gasteiger partial charge on any atom is 0.0545 e. The molecule has 1 aliphatic heterocycles.